The third kappa shape index (κ3) is 1.64. The Morgan fingerprint density at radius 2 is 2.42 bits per heavy atom. The van der Waals surface area contributed by atoms with Gasteiger partial charge in [-0.1, -0.05) is 18.0 Å². The van der Waals surface area contributed by atoms with Gasteiger partial charge in [-0.25, -0.2) is 0 Å². The standard InChI is InChI=1S/C8H13N3O/c1-5-10-8(12-11-5)7(9)4-6-2-3-6/h6-7H,2-4,9H2,1H3/t7-/m0/s1. The van der Waals surface area contributed by atoms with Gasteiger partial charge >= 0.3 is 0 Å². The van der Waals surface area contributed by atoms with Gasteiger partial charge in [-0.15, -0.1) is 0 Å². The van der Waals surface area contributed by atoms with Gasteiger partial charge in [-0.2, -0.15) is 4.98 Å². The van der Waals surface area contributed by atoms with Crippen molar-refractivity contribution in [1.29, 1.82) is 0 Å². The van der Waals surface area contributed by atoms with Crippen molar-refractivity contribution in [1.82, 2.24) is 10.1 Å². The quantitative estimate of drug-likeness (QED) is 0.734. The molecule has 0 aromatic carbocycles. The lowest BCUT2D eigenvalue weighted by molar-refractivity contribution is 0.341. The summed E-state index contributed by atoms with van der Waals surface area (Å²) in [6.45, 7) is 1.80. The van der Waals surface area contributed by atoms with E-state index in [0.717, 1.165) is 12.3 Å². The molecule has 2 rings (SSSR count). The molecule has 1 saturated carbocycles. The molecule has 0 amide bonds. The highest BCUT2D eigenvalue weighted by Crippen LogP contribution is 2.36. The summed E-state index contributed by atoms with van der Waals surface area (Å²) in [6, 6.07) is -0.0568. The lowest BCUT2D eigenvalue weighted by atomic mass is 10.1. The molecule has 0 spiro atoms. The monoisotopic (exact) mass is 167 g/mol. The summed E-state index contributed by atoms with van der Waals surface area (Å²) in [5.74, 6) is 2.04. The Kier molecular flexibility index (Phi) is 1.84. The van der Waals surface area contributed by atoms with Gasteiger partial charge in [0.2, 0.25) is 5.89 Å². The smallest absolute Gasteiger partial charge is 0.243 e. The maximum atomic E-state index is 5.85. The van der Waals surface area contributed by atoms with Gasteiger partial charge in [-0.05, 0) is 19.3 Å². The average Bonchev–Trinajstić information content (AvgIpc) is 2.72. The molecule has 1 aromatic rings. The summed E-state index contributed by atoms with van der Waals surface area (Å²) in [4.78, 5) is 4.09. The molecule has 1 aliphatic rings. The van der Waals surface area contributed by atoms with E-state index in [-0.39, 0.29) is 6.04 Å². The van der Waals surface area contributed by atoms with Gasteiger partial charge in [0.25, 0.3) is 0 Å². The van der Waals surface area contributed by atoms with Crippen LogP contribution in [-0.4, -0.2) is 10.1 Å². The minimum Gasteiger partial charge on any atom is -0.338 e. The molecule has 1 heterocycles. The fourth-order valence-electron chi connectivity index (χ4n) is 1.28. The minimum absolute atomic E-state index is 0.0568. The van der Waals surface area contributed by atoms with Crippen molar-refractivity contribution in [2.75, 3.05) is 0 Å². The third-order valence-electron chi connectivity index (χ3n) is 2.14. The Morgan fingerprint density at radius 3 is 2.92 bits per heavy atom. The molecule has 66 valence electrons. The van der Waals surface area contributed by atoms with Gasteiger partial charge < -0.3 is 10.3 Å². The molecule has 0 bridgehead atoms. The maximum Gasteiger partial charge on any atom is 0.243 e. The zero-order valence-corrected chi connectivity index (χ0v) is 7.16. The summed E-state index contributed by atoms with van der Waals surface area (Å²) in [5, 5.41) is 3.70. The molecule has 0 aliphatic heterocycles. The first kappa shape index (κ1) is 7.73. The summed E-state index contributed by atoms with van der Waals surface area (Å²) in [7, 11) is 0. The Labute approximate surface area is 71.1 Å². The van der Waals surface area contributed by atoms with Crippen LogP contribution in [0.2, 0.25) is 0 Å². The highest BCUT2D eigenvalue weighted by atomic mass is 16.5. The molecule has 2 N–H and O–H groups in total. The lowest BCUT2D eigenvalue weighted by Crippen LogP contribution is -2.11. The van der Waals surface area contributed by atoms with Crippen LogP contribution in [0.1, 0.15) is 37.0 Å². The molecule has 1 aromatic heterocycles. The molecular formula is C8H13N3O. The molecule has 0 unspecified atom stereocenters. The van der Waals surface area contributed by atoms with Gasteiger partial charge in [0.05, 0.1) is 6.04 Å². The predicted octanol–water partition coefficient (Wildman–Crippen LogP) is 1.18. The summed E-state index contributed by atoms with van der Waals surface area (Å²) in [5.41, 5.74) is 5.85. The second kappa shape index (κ2) is 2.86. The zero-order chi connectivity index (χ0) is 8.55. The third-order valence-corrected chi connectivity index (χ3v) is 2.14. The largest absolute Gasteiger partial charge is 0.338 e. The number of aryl methyl sites for hydroxylation is 1. The summed E-state index contributed by atoms with van der Waals surface area (Å²) < 4.78 is 4.97. The van der Waals surface area contributed by atoms with Crippen LogP contribution in [0.3, 0.4) is 0 Å². The second-order valence-corrected chi connectivity index (χ2v) is 3.47. The maximum absolute atomic E-state index is 5.85. The van der Waals surface area contributed by atoms with Crippen LogP contribution in [0.5, 0.6) is 0 Å². The van der Waals surface area contributed by atoms with E-state index >= 15 is 0 Å². The Morgan fingerprint density at radius 1 is 1.67 bits per heavy atom. The van der Waals surface area contributed by atoms with Gasteiger partial charge in [0.1, 0.15) is 0 Å². The number of hydrogen-bond donors (Lipinski definition) is 1. The van der Waals surface area contributed by atoms with Crippen LogP contribution in [-0.2, 0) is 0 Å². The average molecular weight is 167 g/mol. The van der Waals surface area contributed by atoms with E-state index in [1.54, 1.807) is 6.92 Å². The highest BCUT2D eigenvalue weighted by Gasteiger charge is 2.26. The van der Waals surface area contributed by atoms with E-state index < -0.39 is 0 Å². The zero-order valence-electron chi connectivity index (χ0n) is 7.16. The van der Waals surface area contributed by atoms with Crippen LogP contribution < -0.4 is 5.73 Å². The van der Waals surface area contributed by atoms with Gasteiger partial charge in [0.15, 0.2) is 5.82 Å². The normalized spacial score (nSPS) is 19.5. The molecule has 0 saturated heterocycles. The molecule has 12 heavy (non-hydrogen) atoms. The van der Waals surface area contributed by atoms with Crippen LogP contribution in [0.4, 0.5) is 0 Å². The van der Waals surface area contributed by atoms with Gasteiger partial charge in [0, 0.05) is 0 Å². The van der Waals surface area contributed by atoms with Crippen molar-refractivity contribution in [3.8, 4) is 0 Å². The van der Waals surface area contributed by atoms with Crippen LogP contribution in [0.15, 0.2) is 4.52 Å². The molecule has 1 atom stereocenters. The molecule has 1 aliphatic carbocycles. The van der Waals surface area contributed by atoms with Crippen molar-refractivity contribution in [3.05, 3.63) is 11.7 Å². The minimum atomic E-state index is -0.0568. The first-order valence-corrected chi connectivity index (χ1v) is 4.31. The number of rotatable bonds is 3. The summed E-state index contributed by atoms with van der Waals surface area (Å²) in [6.07, 6.45) is 3.60. The molecular weight excluding hydrogens is 154 g/mol. The molecule has 4 heteroatoms. The van der Waals surface area contributed by atoms with Gasteiger partial charge in [-0.3, -0.25) is 0 Å². The topological polar surface area (TPSA) is 64.9 Å². The predicted molar refractivity (Wildman–Crippen MR) is 43.3 cm³/mol. The van der Waals surface area contributed by atoms with Crippen LogP contribution >= 0.6 is 0 Å². The van der Waals surface area contributed by atoms with E-state index in [0.29, 0.717) is 11.7 Å². The van der Waals surface area contributed by atoms with Crippen molar-refractivity contribution in [2.24, 2.45) is 11.7 Å². The fraction of sp³-hybridized carbons (Fsp3) is 0.750. The summed E-state index contributed by atoms with van der Waals surface area (Å²) >= 11 is 0. The first-order chi connectivity index (χ1) is 5.75. The SMILES string of the molecule is Cc1noc([C@@H](N)CC2CC2)n1. The Balaban J connectivity index is 1.97. The van der Waals surface area contributed by atoms with Crippen molar-refractivity contribution in [2.45, 2.75) is 32.2 Å². The van der Waals surface area contributed by atoms with Crippen LogP contribution in [0.25, 0.3) is 0 Å². The Bertz CT molecular complexity index is 267. The fourth-order valence-corrected chi connectivity index (χ4v) is 1.28. The highest BCUT2D eigenvalue weighted by molar-refractivity contribution is 4.92. The van der Waals surface area contributed by atoms with E-state index in [4.69, 9.17) is 10.3 Å². The van der Waals surface area contributed by atoms with E-state index in [1.807, 2.05) is 0 Å². The lowest BCUT2D eigenvalue weighted by Gasteiger charge is -2.03. The van der Waals surface area contributed by atoms with Crippen molar-refractivity contribution >= 4 is 0 Å². The number of aromatic nitrogens is 2. The second-order valence-electron chi connectivity index (χ2n) is 3.47. The van der Waals surface area contributed by atoms with E-state index in [9.17, 15) is 0 Å². The molecule has 0 radical (unpaired) electrons. The molecule has 1 fully saturated rings. The van der Waals surface area contributed by atoms with Crippen LogP contribution in [0, 0.1) is 12.8 Å². The number of hydrogen-bond acceptors (Lipinski definition) is 4. The van der Waals surface area contributed by atoms with Crippen molar-refractivity contribution in [3.63, 3.8) is 0 Å². The Hall–Kier alpha value is -0.900. The number of nitrogens with zero attached hydrogens (tertiary/aromatic N) is 2. The molecule has 4 nitrogen and oxygen atoms in total. The van der Waals surface area contributed by atoms with Crippen molar-refractivity contribution < 1.29 is 4.52 Å². The number of nitrogens with two attached hydrogens (primary N) is 1. The first-order valence-electron chi connectivity index (χ1n) is 4.31. The van der Waals surface area contributed by atoms with E-state index in [2.05, 4.69) is 10.1 Å². The van der Waals surface area contributed by atoms with E-state index in [1.165, 1.54) is 12.8 Å².